The van der Waals surface area contributed by atoms with E-state index in [4.69, 9.17) is 5.26 Å². The number of pyridine rings is 1. The van der Waals surface area contributed by atoms with E-state index in [1.807, 2.05) is 24.5 Å². The van der Waals surface area contributed by atoms with Crippen molar-refractivity contribution in [1.29, 1.82) is 10.5 Å². The molecule has 0 saturated heterocycles. The second-order valence-electron chi connectivity index (χ2n) is 6.59. The third-order valence-electron chi connectivity index (χ3n) is 4.67. The minimum Gasteiger partial charge on any atom is -0.326 e. The zero-order chi connectivity index (χ0) is 21.7. The molecule has 3 rings (SSSR count). The molecule has 1 N–H and O–H groups in total. The molecule has 0 unspecified atom stereocenters. The van der Waals surface area contributed by atoms with Gasteiger partial charge in [0.1, 0.15) is 17.7 Å². The molecular formula is C22H18FN5OS. The van der Waals surface area contributed by atoms with Gasteiger partial charge >= 0.3 is 0 Å². The summed E-state index contributed by atoms with van der Waals surface area (Å²) in [6, 6.07) is 13.5. The zero-order valence-electron chi connectivity index (χ0n) is 16.4. The van der Waals surface area contributed by atoms with E-state index < -0.39 is 0 Å². The fourth-order valence-corrected chi connectivity index (χ4v) is 3.66. The van der Waals surface area contributed by atoms with E-state index in [1.165, 1.54) is 30.1 Å². The zero-order valence-corrected chi connectivity index (χ0v) is 17.3. The molecule has 0 spiro atoms. The Labute approximate surface area is 178 Å². The van der Waals surface area contributed by atoms with Crippen LogP contribution in [0.2, 0.25) is 0 Å². The second kappa shape index (κ2) is 9.25. The normalized spacial score (nSPS) is 10.3. The summed E-state index contributed by atoms with van der Waals surface area (Å²) >= 11 is 1.21. The molecule has 6 nitrogen and oxygen atoms in total. The Morgan fingerprint density at radius 2 is 1.93 bits per heavy atom. The highest BCUT2D eigenvalue weighted by atomic mass is 32.2. The first kappa shape index (κ1) is 21.1. The average Bonchev–Trinajstić information content (AvgIpc) is 2.97. The first-order chi connectivity index (χ1) is 14.4. The maximum Gasteiger partial charge on any atom is 0.235 e. The number of nitrogens with zero attached hydrogens (tertiary/aromatic N) is 4. The molecule has 0 aliphatic heterocycles. The lowest BCUT2D eigenvalue weighted by Crippen LogP contribution is -2.18. The molecule has 0 bridgehead atoms. The van der Waals surface area contributed by atoms with Crippen molar-refractivity contribution >= 4 is 23.5 Å². The van der Waals surface area contributed by atoms with Crippen LogP contribution in [0.25, 0.3) is 0 Å². The van der Waals surface area contributed by atoms with Crippen LogP contribution < -0.4 is 5.32 Å². The van der Waals surface area contributed by atoms with Crippen molar-refractivity contribution in [3.8, 4) is 12.1 Å². The molecule has 1 aromatic carbocycles. The number of nitriles is 2. The number of hydrogen-bond donors (Lipinski definition) is 1. The van der Waals surface area contributed by atoms with Gasteiger partial charge in [-0.2, -0.15) is 10.5 Å². The van der Waals surface area contributed by atoms with E-state index in [1.54, 1.807) is 24.3 Å². The molecule has 150 valence electrons. The number of benzene rings is 1. The molecule has 3 aromatic rings. The van der Waals surface area contributed by atoms with Crippen LogP contribution >= 0.6 is 11.8 Å². The molecule has 8 heteroatoms. The summed E-state index contributed by atoms with van der Waals surface area (Å²) in [5.74, 6) is -0.122. The van der Waals surface area contributed by atoms with Crippen LogP contribution in [-0.2, 0) is 11.3 Å². The fraction of sp³-hybridized carbons (Fsp3) is 0.182. The third-order valence-corrected chi connectivity index (χ3v) is 5.59. The number of hydrogen-bond acceptors (Lipinski definition) is 5. The van der Waals surface area contributed by atoms with Crippen molar-refractivity contribution in [1.82, 2.24) is 9.55 Å². The smallest absolute Gasteiger partial charge is 0.235 e. The van der Waals surface area contributed by atoms with Gasteiger partial charge < -0.3 is 9.88 Å². The molecule has 30 heavy (non-hydrogen) atoms. The van der Waals surface area contributed by atoms with Gasteiger partial charge in [0.05, 0.1) is 28.0 Å². The molecule has 0 aliphatic carbocycles. The van der Waals surface area contributed by atoms with Crippen LogP contribution in [0.4, 0.5) is 10.2 Å². The number of anilines is 1. The number of thioether (sulfide) groups is 1. The van der Waals surface area contributed by atoms with Crippen molar-refractivity contribution in [3.05, 3.63) is 76.4 Å². The number of carbonyl (C=O) groups excluding carboxylic acids is 1. The summed E-state index contributed by atoms with van der Waals surface area (Å²) in [4.78, 5) is 16.7. The van der Waals surface area contributed by atoms with Crippen LogP contribution in [-0.4, -0.2) is 21.2 Å². The number of nitrogens with one attached hydrogen (secondary N) is 1. The lowest BCUT2D eigenvalue weighted by Gasteiger charge is -2.13. The van der Waals surface area contributed by atoms with Gasteiger partial charge in [0.25, 0.3) is 0 Å². The summed E-state index contributed by atoms with van der Waals surface area (Å²) in [6.07, 6.45) is 1.52. The molecule has 2 heterocycles. The van der Waals surface area contributed by atoms with Gasteiger partial charge in [-0.3, -0.25) is 4.79 Å². The van der Waals surface area contributed by atoms with Crippen molar-refractivity contribution < 1.29 is 9.18 Å². The maximum atomic E-state index is 13.2. The summed E-state index contributed by atoms with van der Waals surface area (Å²) in [6.45, 7) is 4.10. The predicted octanol–water partition coefficient (Wildman–Crippen LogP) is 4.16. The van der Waals surface area contributed by atoms with Gasteiger partial charge in [-0.05, 0) is 49.2 Å². The van der Waals surface area contributed by atoms with E-state index in [0.717, 1.165) is 16.8 Å². The molecule has 0 fully saturated rings. The van der Waals surface area contributed by atoms with Crippen LogP contribution in [0.1, 0.15) is 27.9 Å². The minimum atomic E-state index is -0.323. The highest BCUT2D eigenvalue weighted by molar-refractivity contribution is 7.99. The van der Waals surface area contributed by atoms with Crippen molar-refractivity contribution in [2.45, 2.75) is 25.4 Å². The van der Waals surface area contributed by atoms with Gasteiger partial charge in [0.2, 0.25) is 5.91 Å². The summed E-state index contributed by atoms with van der Waals surface area (Å²) in [7, 11) is 0. The minimum absolute atomic E-state index is 0.0760. The van der Waals surface area contributed by atoms with E-state index >= 15 is 0 Å². The molecule has 0 aliphatic rings. The van der Waals surface area contributed by atoms with Crippen molar-refractivity contribution in [2.75, 3.05) is 11.1 Å². The Kier molecular flexibility index (Phi) is 6.51. The Hall–Kier alpha value is -3.62. The summed E-state index contributed by atoms with van der Waals surface area (Å²) in [5, 5.41) is 22.0. The first-order valence-corrected chi connectivity index (χ1v) is 10.0. The molecule has 1 amide bonds. The number of halogens is 1. The van der Waals surface area contributed by atoms with Crippen LogP contribution in [0, 0.1) is 42.3 Å². The predicted molar refractivity (Wildman–Crippen MR) is 112 cm³/mol. The van der Waals surface area contributed by atoms with Gasteiger partial charge in [0.15, 0.2) is 0 Å². The Morgan fingerprint density at radius 3 is 2.60 bits per heavy atom. The molecule has 0 saturated carbocycles. The summed E-state index contributed by atoms with van der Waals surface area (Å²) in [5.41, 5.74) is 3.35. The highest BCUT2D eigenvalue weighted by Gasteiger charge is 2.20. The molecule has 0 atom stereocenters. The third kappa shape index (κ3) is 4.68. The largest absolute Gasteiger partial charge is 0.326 e. The van der Waals surface area contributed by atoms with Gasteiger partial charge in [-0.15, -0.1) is 0 Å². The quantitative estimate of drug-likeness (QED) is 0.606. The average molecular weight is 419 g/mol. The van der Waals surface area contributed by atoms with E-state index in [-0.39, 0.29) is 17.5 Å². The van der Waals surface area contributed by atoms with E-state index in [0.29, 0.717) is 28.5 Å². The fourth-order valence-electron chi connectivity index (χ4n) is 2.97. The number of rotatable bonds is 6. The lowest BCUT2D eigenvalue weighted by atomic mass is 10.2. The van der Waals surface area contributed by atoms with E-state index in [2.05, 4.69) is 16.4 Å². The Balaban J connectivity index is 1.80. The molecule has 0 radical (unpaired) electrons. The molecular weight excluding hydrogens is 401 g/mol. The topological polar surface area (TPSA) is 94.5 Å². The maximum absolute atomic E-state index is 13.2. The highest BCUT2D eigenvalue weighted by Crippen LogP contribution is 2.28. The SMILES string of the molecule is Cc1c(C#N)c(NC(=O)CSc2cc(C#N)ccn2)n(Cc2ccc(F)cc2)c1C. The van der Waals surface area contributed by atoms with Gasteiger partial charge in [-0.1, -0.05) is 23.9 Å². The van der Waals surface area contributed by atoms with Crippen LogP contribution in [0.5, 0.6) is 0 Å². The summed E-state index contributed by atoms with van der Waals surface area (Å²) < 4.78 is 15.1. The standard InChI is InChI=1S/C22H18FN5OS/c1-14-15(2)28(12-16-3-5-18(23)6-4-16)22(19(14)11-25)27-20(29)13-30-21-9-17(10-24)7-8-26-21/h3-9H,12-13H2,1-2H3,(H,27,29). The number of amides is 1. The van der Waals surface area contributed by atoms with Crippen molar-refractivity contribution in [2.24, 2.45) is 0 Å². The lowest BCUT2D eigenvalue weighted by molar-refractivity contribution is -0.113. The Morgan fingerprint density at radius 1 is 1.20 bits per heavy atom. The van der Waals surface area contributed by atoms with Gasteiger partial charge in [-0.25, -0.2) is 9.37 Å². The van der Waals surface area contributed by atoms with Crippen molar-refractivity contribution in [3.63, 3.8) is 0 Å². The van der Waals surface area contributed by atoms with Crippen LogP contribution in [0.3, 0.4) is 0 Å². The Bertz CT molecular complexity index is 1170. The number of aromatic nitrogens is 2. The second-order valence-corrected chi connectivity index (χ2v) is 7.59. The molecule has 2 aromatic heterocycles. The monoisotopic (exact) mass is 419 g/mol. The first-order valence-electron chi connectivity index (χ1n) is 9.06. The van der Waals surface area contributed by atoms with Crippen LogP contribution in [0.15, 0.2) is 47.6 Å². The number of carbonyl (C=O) groups is 1. The van der Waals surface area contributed by atoms with Gasteiger partial charge in [0, 0.05) is 18.4 Å². The van der Waals surface area contributed by atoms with E-state index in [9.17, 15) is 14.4 Å².